The maximum atomic E-state index is 12.7. The van der Waals surface area contributed by atoms with Crippen molar-refractivity contribution in [2.24, 2.45) is 0 Å². The van der Waals surface area contributed by atoms with Gasteiger partial charge in [-0.1, -0.05) is 30.3 Å². The Morgan fingerprint density at radius 1 is 1.20 bits per heavy atom. The van der Waals surface area contributed by atoms with Gasteiger partial charge in [0, 0.05) is 6.07 Å². The van der Waals surface area contributed by atoms with Crippen molar-refractivity contribution >= 4 is 11.5 Å². The Morgan fingerprint density at radius 3 is 2.56 bits per heavy atom. The van der Waals surface area contributed by atoms with E-state index in [1.54, 1.807) is 24.3 Å². The summed E-state index contributed by atoms with van der Waals surface area (Å²) in [6.07, 6.45) is -3.50. The minimum atomic E-state index is -4.57. The molecule has 1 heterocycles. The fourth-order valence-corrected chi connectivity index (χ4v) is 2.06. The number of carboxylic acids is 1. The first-order valence-electron chi connectivity index (χ1n) is 7.04. The van der Waals surface area contributed by atoms with Crippen molar-refractivity contribution in [3.63, 3.8) is 0 Å². The Kier molecular flexibility index (Phi) is 5.63. The number of aliphatic carboxylic acids is 1. The normalized spacial score (nSPS) is 11.9. The Hall–Kier alpha value is -3.03. The predicted molar refractivity (Wildman–Crippen MR) is 82.6 cm³/mol. The molecule has 2 aromatic rings. The van der Waals surface area contributed by atoms with Gasteiger partial charge in [0.15, 0.2) is 0 Å². The molecule has 0 saturated carbocycles. The molecule has 0 atom stereocenters. The second-order valence-corrected chi connectivity index (χ2v) is 4.88. The molecular formula is C17H14F3NO4. The van der Waals surface area contributed by atoms with Crippen molar-refractivity contribution < 1.29 is 32.5 Å². The zero-order valence-corrected chi connectivity index (χ0v) is 13.1. The lowest BCUT2D eigenvalue weighted by molar-refractivity contribution is -0.141. The first-order valence-corrected chi connectivity index (χ1v) is 7.04. The average Bonchev–Trinajstić information content (AvgIpc) is 2.57. The third-order valence-electron chi connectivity index (χ3n) is 3.16. The van der Waals surface area contributed by atoms with Crippen LogP contribution in [0.1, 0.15) is 16.8 Å². The van der Waals surface area contributed by atoms with Gasteiger partial charge in [-0.3, -0.25) is 0 Å². The van der Waals surface area contributed by atoms with Crippen LogP contribution in [0.5, 0.6) is 5.88 Å². The molecular weight excluding hydrogens is 339 g/mol. The number of nitrogens with zero attached hydrogens (tertiary/aromatic N) is 1. The lowest BCUT2D eigenvalue weighted by atomic mass is 10.0. The van der Waals surface area contributed by atoms with Crippen LogP contribution in [0.3, 0.4) is 0 Å². The maximum absolute atomic E-state index is 12.7. The molecule has 0 radical (unpaired) electrons. The molecule has 8 heteroatoms. The summed E-state index contributed by atoms with van der Waals surface area (Å²) in [4.78, 5) is 14.7. The lowest BCUT2D eigenvalue weighted by Gasteiger charge is -2.12. The van der Waals surface area contributed by atoms with Gasteiger partial charge in [-0.15, -0.1) is 0 Å². The van der Waals surface area contributed by atoms with Crippen LogP contribution < -0.4 is 4.74 Å². The average molecular weight is 353 g/mol. The number of hydrogen-bond donors (Lipinski definition) is 1. The number of carboxylic acid groups (broad SMARTS) is 1. The van der Waals surface area contributed by atoms with Crippen LogP contribution in [0.15, 0.2) is 48.7 Å². The van der Waals surface area contributed by atoms with Crippen LogP contribution in [-0.4, -0.2) is 23.2 Å². The molecule has 0 aliphatic heterocycles. The molecule has 0 unspecified atom stereocenters. The van der Waals surface area contributed by atoms with Gasteiger partial charge in [-0.2, -0.15) is 13.2 Å². The number of halogens is 3. The zero-order chi connectivity index (χ0) is 18.4. The maximum Gasteiger partial charge on any atom is 0.433 e. The number of carbonyl (C=O) groups is 1. The van der Waals surface area contributed by atoms with Crippen LogP contribution in [0.4, 0.5) is 13.2 Å². The number of rotatable bonds is 6. The molecule has 132 valence electrons. The molecule has 2 rings (SSSR count). The van der Waals surface area contributed by atoms with Crippen LogP contribution >= 0.6 is 0 Å². The van der Waals surface area contributed by atoms with Crippen molar-refractivity contribution in [1.82, 2.24) is 4.98 Å². The third-order valence-corrected chi connectivity index (χ3v) is 3.16. The van der Waals surface area contributed by atoms with E-state index < -0.39 is 17.8 Å². The van der Waals surface area contributed by atoms with Crippen molar-refractivity contribution in [3.8, 4) is 5.88 Å². The predicted octanol–water partition coefficient (Wildman–Crippen LogP) is 3.75. The van der Waals surface area contributed by atoms with Gasteiger partial charge in [0.05, 0.1) is 13.4 Å². The summed E-state index contributed by atoms with van der Waals surface area (Å²) in [6.45, 7) is -0.154. The van der Waals surface area contributed by atoms with E-state index in [0.29, 0.717) is 11.1 Å². The number of hydrogen-bond acceptors (Lipinski definition) is 4. The smallest absolute Gasteiger partial charge is 0.433 e. The largest absolute Gasteiger partial charge is 0.503 e. The summed E-state index contributed by atoms with van der Waals surface area (Å²) >= 11 is 0. The van der Waals surface area contributed by atoms with Gasteiger partial charge in [0.25, 0.3) is 0 Å². The highest BCUT2D eigenvalue weighted by atomic mass is 19.4. The highest BCUT2D eigenvalue weighted by molar-refractivity contribution is 6.15. The molecule has 0 saturated heterocycles. The number of pyridine rings is 1. The van der Waals surface area contributed by atoms with Gasteiger partial charge in [-0.05, 0) is 17.2 Å². The van der Waals surface area contributed by atoms with Gasteiger partial charge in [0.2, 0.25) is 5.88 Å². The summed E-state index contributed by atoms with van der Waals surface area (Å²) in [6, 6.07) is 9.77. The van der Waals surface area contributed by atoms with E-state index in [4.69, 9.17) is 9.47 Å². The van der Waals surface area contributed by atoms with Crippen molar-refractivity contribution in [2.75, 3.05) is 7.11 Å². The summed E-state index contributed by atoms with van der Waals surface area (Å²) in [5.74, 6) is -1.41. The summed E-state index contributed by atoms with van der Waals surface area (Å²) in [5.41, 5.74) is -0.362. The summed E-state index contributed by atoms with van der Waals surface area (Å²) < 4.78 is 48.1. The van der Waals surface area contributed by atoms with E-state index in [1.165, 1.54) is 19.2 Å². The fourth-order valence-electron chi connectivity index (χ4n) is 2.06. The standard InChI is InChI=1S/C17H14F3NO4/c1-24-10-13(16(22)23)12-6-3-2-5-11(12)9-25-15-8-4-7-14(21-15)17(18,19)20/h2-8,10H,9H2,1H3,(H,22,23). The quantitative estimate of drug-likeness (QED) is 0.633. The Labute approximate surface area is 141 Å². The Balaban J connectivity index is 2.25. The molecule has 0 bridgehead atoms. The second kappa shape index (κ2) is 7.69. The molecule has 0 aliphatic carbocycles. The molecule has 0 amide bonds. The van der Waals surface area contributed by atoms with E-state index in [0.717, 1.165) is 12.3 Å². The number of alkyl halides is 3. The third kappa shape index (κ3) is 4.72. The molecule has 0 spiro atoms. The summed E-state index contributed by atoms with van der Waals surface area (Å²) in [7, 11) is 1.31. The van der Waals surface area contributed by atoms with Crippen LogP contribution in [0, 0.1) is 0 Å². The van der Waals surface area contributed by atoms with Gasteiger partial charge in [0.1, 0.15) is 17.9 Å². The number of aromatic nitrogens is 1. The van der Waals surface area contributed by atoms with E-state index in [2.05, 4.69) is 4.98 Å². The number of ether oxygens (including phenoxy) is 2. The molecule has 0 fully saturated rings. The summed E-state index contributed by atoms with van der Waals surface area (Å²) in [5, 5.41) is 9.27. The second-order valence-electron chi connectivity index (χ2n) is 4.88. The first-order chi connectivity index (χ1) is 11.8. The monoisotopic (exact) mass is 353 g/mol. The van der Waals surface area contributed by atoms with Crippen LogP contribution in [0.25, 0.3) is 5.57 Å². The first kappa shape index (κ1) is 18.3. The zero-order valence-electron chi connectivity index (χ0n) is 13.1. The number of benzene rings is 1. The van der Waals surface area contributed by atoms with Gasteiger partial charge >= 0.3 is 12.1 Å². The minimum absolute atomic E-state index is 0.0984. The van der Waals surface area contributed by atoms with Crippen molar-refractivity contribution in [3.05, 3.63) is 65.5 Å². The van der Waals surface area contributed by atoms with E-state index in [-0.39, 0.29) is 18.1 Å². The molecule has 25 heavy (non-hydrogen) atoms. The molecule has 5 nitrogen and oxygen atoms in total. The van der Waals surface area contributed by atoms with Crippen molar-refractivity contribution in [2.45, 2.75) is 12.8 Å². The molecule has 1 aromatic heterocycles. The Morgan fingerprint density at radius 2 is 1.92 bits per heavy atom. The molecule has 1 aromatic carbocycles. The fraction of sp³-hybridized carbons (Fsp3) is 0.176. The van der Waals surface area contributed by atoms with Crippen molar-refractivity contribution in [1.29, 1.82) is 0 Å². The van der Waals surface area contributed by atoms with E-state index >= 15 is 0 Å². The van der Waals surface area contributed by atoms with E-state index in [1.807, 2.05) is 0 Å². The van der Waals surface area contributed by atoms with E-state index in [9.17, 15) is 23.1 Å². The molecule has 1 N–H and O–H groups in total. The Bertz CT molecular complexity index is 787. The SMILES string of the molecule is COC=C(C(=O)O)c1ccccc1COc1cccc(C(F)(F)F)n1. The highest BCUT2D eigenvalue weighted by Crippen LogP contribution is 2.29. The molecule has 0 aliphatic rings. The number of methoxy groups -OCH3 is 1. The van der Waals surface area contributed by atoms with Gasteiger partial charge in [-0.25, -0.2) is 9.78 Å². The van der Waals surface area contributed by atoms with Crippen LogP contribution in [-0.2, 0) is 22.3 Å². The topological polar surface area (TPSA) is 68.7 Å². The minimum Gasteiger partial charge on any atom is -0.503 e. The van der Waals surface area contributed by atoms with Crippen LogP contribution in [0.2, 0.25) is 0 Å². The van der Waals surface area contributed by atoms with Gasteiger partial charge < -0.3 is 14.6 Å². The highest BCUT2D eigenvalue weighted by Gasteiger charge is 2.32. The lowest BCUT2D eigenvalue weighted by Crippen LogP contribution is -2.09.